The number of nitrogens with zero attached hydrogens (tertiary/aromatic N) is 2. The Bertz CT molecular complexity index is 1020. The topological polar surface area (TPSA) is 63.0 Å². The molecule has 0 spiro atoms. The molecule has 0 amide bonds. The van der Waals surface area contributed by atoms with Crippen molar-refractivity contribution in [2.45, 2.75) is 6.54 Å². The second-order valence-electron chi connectivity index (χ2n) is 5.87. The minimum Gasteiger partial charge on any atom is -0.467 e. The number of para-hydroxylation sites is 1. The Kier molecular flexibility index (Phi) is 4.78. The third-order valence-corrected chi connectivity index (χ3v) is 3.92. The first kappa shape index (κ1) is 16.8. The number of halogens is 1. The van der Waals surface area contributed by atoms with Gasteiger partial charge in [-0.25, -0.2) is 14.4 Å². The minimum atomic E-state index is -0.345. The monoisotopic (exact) mass is 360 g/mol. The van der Waals surface area contributed by atoms with Gasteiger partial charge >= 0.3 is 0 Å². The molecule has 2 N–H and O–H groups in total. The zero-order valence-corrected chi connectivity index (χ0v) is 14.4. The summed E-state index contributed by atoms with van der Waals surface area (Å²) in [5.41, 5.74) is 1.22. The quantitative estimate of drug-likeness (QED) is 0.493. The van der Waals surface area contributed by atoms with Crippen LogP contribution in [-0.2, 0) is 6.54 Å². The van der Waals surface area contributed by atoms with Gasteiger partial charge in [-0.05, 0) is 24.3 Å². The van der Waals surface area contributed by atoms with Crippen LogP contribution in [0, 0.1) is 5.82 Å². The molecule has 0 atom stereocenters. The number of furan rings is 1. The number of anilines is 3. The van der Waals surface area contributed by atoms with Crippen molar-refractivity contribution < 1.29 is 8.81 Å². The molecule has 0 saturated carbocycles. The van der Waals surface area contributed by atoms with E-state index in [1.807, 2.05) is 42.5 Å². The summed E-state index contributed by atoms with van der Waals surface area (Å²) in [5.74, 6) is 2.09. The second kappa shape index (κ2) is 7.70. The lowest BCUT2D eigenvalue weighted by molar-refractivity contribution is 0.518. The first-order valence-corrected chi connectivity index (χ1v) is 8.50. The lowest BCUT2D eigenvalue weighted by Crippen LogP contribution is -2.05. The smallest absolute Gasteiger partial charge is 0.163 e. The molecular weight excluding hydrogens is 343 g/mol. The Balaban J connectivity index is 1.66. The molecule has 0 radical (unpaired) electrons. The van der Waals surface area contributed by atoms with E-state index in [1.165, 1.54) is 6.07 Å². The van der Waals surface area contributed by atoms with Gasteiger partial charge in [0.1, 0.15) is 23.2 Å². The number of aromatic nitrogens is 2. The molecule has 2 aromatic heterocycles. The van der Waals surface area contributed by atoms with Crippen molar-refractivity contribution in [3.63, 3.8) is 0 Å². The van der Waals surface area contributed by atoms with Crippen molar-refractivity contribution >= 4 is 17.3 Å². The molecule has 0 unspecified atom stereocenters. The van der Waals surface area contributed by atoms with Crippen LogP contribution in [0.3, 0.4) is 0 Å². The maximum atomic E-state index is 14.0. The van der Waals surface area contributed by atoms with Crippen molar-refractivity contribution in [3.8, 4) is 11.4 Å². The normalized spacial score (nSPS) is 10.6. The summed E-state index contributed by atoms with van der Waals surface area (Å²) >= 11 is 0. The van der Waals surface area contributed by atoms with E-state index in [0.717, 1.165) is 11.3 Å². The van der Waals surface area contributed by atoms with E-state index in [2.05, 4.69) is 20.6 Å². The Morgan fingerprint density at radius 1 is 0.852 bits per heavy atom. The molecule has 2 aromatic carbocycles. The zero-order valence-electron chi connectivity index (χ0n) is 14.4. The van der Waals surface area contributed by atoms with Crippen LogP contribution in [0.15, 0.2) is 83.5 Å². The van der Waals surface area contributed by atoms with Crippen LogP contribution in [0.1, 0.15) is 5.76 Å². The van der Waals surface area contributed by atoms with Gasteiger partial charge in [-0.3, -0.25) is 0 Å². The summed E-state index contributed by atoms with van der Waals surface area (Å²) in [6.45, 7) is 0.484. The average Bonchev–Trinajstić information content (AvgIpc) is 3.22. The standard InChI is InChI=1S/C21H17FN4O/c22-17-10-4-5-11-18(17)24-20-13-19(23-14-16-9-6-12-27-16)25-21(26-20)15-7-2-1-3-8-15/h1-13H,14H2,(H2,23,24,25,26). The van der Waals surface area contributed by atoms with Crippen LogP contribution < -0.4 is 10.6 Å². The molecule has 0 aliphatic carbocycles. The van der Waals surface area contributed by atoms with Crippen molar-refractivity contribution in [3.05, 3.63) is 90.6 Å². The maximum absolute atomic E-state index is 14.0. The fourth-order valence-corrected chi connectivity index (χ4v) is 2.61. The minimum absolute atomic E-state index is 0.345. The van der Waals surface area contributed by atoms with Gasteiger partial charge in [0.15, 0.2) is 5.82 Å². The van der Waals surface area contributed by atoms with Gasteiger partial charge in [0.2, 0.25) is 0 Å². The van der Waals surface area contributed by atoms with E-state index in [9.17, 15) is 4.39 Å². The molecule has 0 fully saturated rings. The number of rotatable bonds is 6. The van der Waals surface area contributed by atoms with Gasteiger partial charge in [0, 0.05) is 11.6 Å². The highest BCUT2D eigenvalue weighted by molar-refractivity contribution is 5.65. The Labute approximate surface area is 155 Å². The van der Waals surface area contributed by atoms with Crippen LogP contribution in [0.4, 0.5) is 21.7 Å². The van der Waals surface area contributed by atoms with Crippen LogP contribution in [0.5, 0.6) is 0 Å². The molecule has 5 nitrogen and oxygen atoms in total. The van der Waals surface area contributed by atoms with Gasteiger partial charge in [0.05, 0.1) is 18.5 Å². The Morgan fingerprint density at radius 3 is 2.41 bits per heavy atom. The van der Waals surface area contributed by atoms with Gasteiger partial charge in [-0.1, -0.05) is 42.5 Å². The SMILES string of the molecule is Fc1ccccc1Nc1cc(NCc2ccco2)nc(-c2ccccc2)n1. The third-order valence-electron chi connectivity index (χ3n) is 3.92. The van der Waals surface area contributed by atoms with Crippen molar-refractivity contribution in [1.82, 2.24) is 9.97 Å². The number of hydrogen-bond acceptors (Lipinski definition) is 5. The van der Waals surface area contributed by atoms with Gasteiger partial charge in [-0.15, -0.1) is 0 Å². The lowest BCUT2D eigenvalue weighted by Gasteiger charge is -2.11. The molecular formula is C21H17FN4O. The lowest BCUT2D eigenvalue weighted by atomic mass is 10.2. The van der Waals surface area contributed by atoms with Crippen LogP contribution in [0.25, 0.3) is 11.4 Å². The van der Waals surface area contributed by atoms with Gasteiger partial charge in [-0.2, -0.15) is 0 Å². The van der Waals surface area contributed by atoms with Crippen molar-refractivity contribution in [1.29, 1.82) is 0 Å². The van der Waals surface area contributed by atoms with E-state index in [0.29, 0.717) is 29.7 Å². The number of nitrogens with one attached hydrogen (secondary N) is 2. The predicted molar refractivity (Wildman–Crippen MR) is 103 cm³/mol. The number of hydrogen-bond donors (Lipinski definition) is 2. The largest absolute Gasteiger partial charge is 0.467 e. The highest BCUT2D eigenvalue weighted by Crippen LogP contribution is 2.24. The van der Waals surface area contributed by atoms with E-state index >= 15 is 0 Å². The van der Waals surface area contributed by atoms with E-state index in [-0.39, 0.29) is 5.82 Å². The maximum Gasteiger partial charge on any atom is 0.163 e. The summed E-state index contributed by atoms with van der Waals surface area (Å²) in [4.78, 5) is 9.10. The first-order valence-electron chi connectivity index (χ1n) is 8.50. The molecule has 4 aromatic rings. The fraction of sp³-hybridized carbons (Fsp3) is 0.0476. The van der Waals surface area contributed by atoms with Gasteiger partial charge in [0.25, 0.3) is 0 Å². The highest BCUT2D eigenvalue weighted by Gasteiger charge is 2.09. The summed E-state index contributed by atoms with van der Waals surface area (Å²) in [7, 11) is 0. The first-order chi connectivity index (χ1) is 13.3. The summed E-state index contributed by atoms with van der Waals surface area (Å²) in [5, 5.41) is 6.25. The highest BCUT2D eigenvalue weighted by atomic mass is 19.1. The molecule has 2 heterocycles. The molecule has 134 valence electrons. The number of benzene rings is 2. The van der Waals surface area contributed by atoms with Crippen molar-refractivity contribution in [2.75, 3.05) is 10.6 Å². The Hall–Kier alpha value is -3.67. The summed E-state index contributed by atoms with van der Waals surface area (Å²) in [6, 6.07) is 21.6. The fourth-order valence-electron chi connectivity index (χ4n) is 2.61. The molecule has 0 aliphatic rings. The molecule has 6 heteroatoms. The van der Waals surface area contributed by atoms with E-state index in [4.69, 9.17) is 4.42 Å². The van der Waals surface area contributed by atoms with Crippen LogP contribution >= 0.6 is 0 Å². The van der Waals surface area contributed by atoms with E-state index in [1.54, 1.807) is 30.5 Å². The third kappa shape index (κ3) is 4.12. The second-order valence-corrected chi connectivity index (χ2v) is 5.87. The average molecular weight is 360 g/mol. The summed E-state index contributed by atoms with van der Waals surface area (Å²) < 4.78 is 19.3. The molecule has 0 aliphatic heterocycles. The van der Waals surface area contributed by atoms with Crippen LogP contribution in [0.2, 0.25) is 0 Å². The predicted octanol–water partition coefficient (Wildman–Crippen LogP) is 5.23. The Morgan fingerprint density at radius 2 is 1.63 bits per heavy atom. The molecule has 0 bridgehead atoms. The molecule has 0 saturated heterocycles. The zero-order chi connectivity index (χ0) is 18.5. The van der Waals surface area contributed by atoms with E-state index < -0.39 is 0 Å². The van der Waals surface area contributed by atoms with Gasteiger partial charge < -0.3 is 15.1 Å². The van der Waals surface area contributed by atoms with Crippen LogP contribution in [-0.4, -0.2) is 9.97 Å². The molecule has 27 heavy (non-hydrogen) atoms. The molecule has 4 rings (SSSR count). The summed E-state index contributed by atoms with van der Waals surface area (Å²) in [6.07, 6.45) is 1.62. The van der Waals surface area contributed by atoms with Crippen molar-refractivity contribution in [2.24, 2.45) is 0 Å².